The minimum atomic E-state index is -0.0933. The second kappa shape index (κ2) is 9.03. The second-order valence-electron chi connectivity index (χ2n) is 7.11. The summed E-state index contributed by atoms with van der Waals surface area (Å²) in [7, 11) is 1.67. The summed E-state index contributed by atoms with van der Waals surface area (Å²) in [4.78, 5) is 28.5. The molecule has 0 spiro atoms. The third kappa shape index (κ3) is 4.75. The first-order valence-electron chi connectivity index (χ1n) is 9.60. The zero-order valence-corrected chi connectivity index (χ0v) is 15.6. The summed E-state index contributed by atoms with van der Waals surface area (Å²) in [5, 5.41) is 3.04. The van der Waals surface area contributed by atoms with Crippen molar-refractivity contribution in [1.82, 2.24) is 15.1 Å². The molecule has 2 saturated heterocycles. The summed E-state index contributed by atoms with van der Waals surface area (Å²) in [6.07, 6.45) is 4.67. The molecular formula is C20H29N3O3. The Bertz CT molecular complexity index is 634. The van der Waals surface area contributed by atoms with Crippen LogP contribution in [-0.2, 0) is 16.1 Å². The van der Waals surface area contributed by atoms with Crippen LogP contribution in [0.15, 0.2) is 24.3 Å². The Kier molecular flexibility index (Phi) is 6.50. The molecule has 2 fully saturated rings. The van der Waals surface area contributed by atoms with Gasteiger partial charge in [0.25, 0.3) is 0 Å². The molecule has 2 aliphatic heterocycles. The van der Waals surface area contributed by atoms with Crippen molar-refractivity contribution in [2.24, 2.45) is 0 Å². The summed E-state index contributed by atoms with van der Waals surface area (Å²) >= 11 is 0. The van der Waals surface area contributed by atoms with E-state index in [2.05, 4.69) is 16.3 Å². The van der Waals surface area contributed by atoms with Crippen molar-refractivity contribution in [3.8, 4) is 5.75 Å². The van der Waals surface area contributed by atoms with Gasteiger partial charge in [-0.15, -0.1) is 0 Å². The molecule has 1 unspecified atom stereocenters. The van der Waals surface area contributed by atoms with Gasteiger partial charge in [0.15, 0.2) is 0 Å². The topological polar surface area (TPSA) is 61.9 Å². The van der Waals surface area contributed by atoms with E-state index >= 15 is 0 Å². The van der Waals surface area contributed by atoms with Crippen molar-refractivity contribution in [2.45, 2.75) is 44.7 Å². The van der Waals surface area contributed by atoms with Gasteiger partial charge in [0, 0.05) is 32.6 Å². The zero-order valence-electron chi connectivity index (χ0n) is 15.6. The molecule has 26 heavy (non-hydrogen) atoms. The summed E-state index contributed by atoms with van der Waals surface area (Å²) in [5.41, 5.74) is 1.16. The average molecular weight is 359 g/mol. The number of methoxy groups -OCH3 is 1. The smallest absolute Gasteiger partial charge is 0.237 e. The highest BCUT2D eigenvalue weighted by molar-refractivity contribution is 5.82. The highest BCUT2D eigenvalue weighted by atomic mass is 16.5. The molecule has 0 aliphatic carbocycles. The second-order valence-corrected chi connectivity index (χ2v) is 7.11. The summed E-state index contributed by atoms with van der Waals surface area (Å²) in [6.45, 7) is 3.65. The molecule has 0 radical (unpaired) electrons. The van der Waals surface area contributed by atoms with Gasteiger partial charge >= 0.3 is 0 Å². The molecule has 1 aromatic carbocycles. The number of likely N-dealkylation sites (tertiary alicyclic amines) is 2. The normalized spacial score (nSPS) is 21.0. The molecule has 1 atom stereocenters. The van der Waals surface area contributed by atoms with Crippen LogP contribution in [-0.4, -0.2) is 60.9 Å². The maximum absolute atomic E-state index is 12.7. The number of hydrogen-bond acceptors (Lipinski definition) is 4. The van der Waals surface area contributed by atoms with Crippen molar-refractivity contribution in [3.05, 3.63) is 29.8 Å². The molecule has 1 aromatic rings. The Hall–Kier alpha value is -2.08. The minimum Gasteiger partial charge on any atom is -0.497 e. The summed E-state index contributed by atoms with van der Waals surface area (Å²) in [6, 6.07) is 7.93. The lowest BCUT2D eigenvalue weighted by atomic mass is 10.0. The van der Waals surface area contributed by atoms with Crippen LogP contribution >= 0.6 is 0 Å². The number of carbonyl (C=O) groups is 2. The molecule has 0 saturated carbocycles. The fourth-order valence-corrected chi connectivity index (χ4v) is 3.85. The van der Waals surface area contributed by atoms with E-state index in [4.69, 9.17) is 4.74 Å². The lowest BCUT2D eigenvalue weighted by Gasteiger charge is -2.34. The maximum atomic E-state index is 12.7. The predicted molar refractivity (Wildman–Crippen MR) is 99.9 cm³/mol. The third-order valence-electron chi connectivity index (χ3n) is 5.29. The van der Waals surface area contributed by atoms with Gasteiger partial charge in [0.2, 0.25) is 11.8 Å². The number of nitrogens with zero attached hydrogens (tertiary/aromatic N) is 2. The number of hydrogen-bond donors (Lipinski definition) is 1. The molecule has 2 heterocycles. The lowest BCUT2D eigenvalue weighted by molar-refractivity contribution is -0.130. The Labute approximate surface area is 155 Å². The van der Waals surface area contributed by atoms with Crippen LogP contribution in [0.1, 0.15) is 37.7 Å². The van der Waals surface area contributed by atoms with E-state index in [0.29, 0.717) is 19.5 Å². The minimum absolute atomic E-state index is 0.0826. The molecule has 0 aromatic heterocycles. The van der Waals surface area contributed by atoms with Crippen molar-refractivity contribution in [2.75, 3.05) is 33.3 Å². The van der Waals surface area contributed by atoms with Gasteiger partial charge < -0.3 is 15.0 Å². The van der Waals surface area contributed by atoms with E-state index in [1.165, 1.54) is 0 Å². The van der Waals surface area contributed by atoms with Gasteiger partial charge in [-0.05, 0) is 43.5 Å². The first-order chi connectivity index (χ1) is 12.7. The number of amides is 2. The maximum Gasteiger partial charge on any atom is 0.237 e. The first-order valence-corrected chi connectivity index (χ1v) is 9.60. The van der Waals surface area contributed by atoms with Crippen LogP contribution in [0.4, 0.5) is 0 Å². The van der Waals surface area contributed by atoms with E-state index in [0.717, 1.165) is 56.6 Å². The highest BCUT2D eigenvalue weighted by Crippen LogP contribution is 2.21. The monoisotopic (exact) mass is 359 g/mol. The van der Waals surface area contributed by atoms with Crippen LogP contribution in [0, 0.1) is 0 Å². The molecule has 1 N–H and O–H groups in total. The van der Waals surface area contributed by atoms with Crippen LogP contribution in [0.5, 0.6) is 5.75 Å². The molecule has 142 valence electrons. The van der Waals surface area contributed by atoms with Gasteiger partial charge in [0.1, 0.15) is 5.75 Å². The summed E-state index contributed by atoms with van der Waals surface area (Å²) in [5.74, 6) is 1.13. The molecule has 6 heteroatoms. The van der Waals surface area contributed by atoms with Gasteiger partial charge in [-0.3, -0.25) is 14.5 Å². The number of nitrogens with one attached hydrogen (secondary N) is 1. The SMILES string of the molecule is COc1cccc(CN2CCCCC2C(=O)NCCN2CCCC2=O)c1. The Morgan fingerprint density at radius 2 is 2.15 bits per heavy atom. The predicted octanol–water partition coefficient (Wildman–Crippen LogP) is 1.79. The Morgan fingerprint density at radius 1 is 1.27 bits per heavy atom. The Morgan fingerprint density at radius 3 is 2.92 bits per heavy atom. The number of rotatable bonds is 7. The lowest BCUT2D eigenvalue weighted by Crippen LogP contribution is -2.50. The van der Waals surface area contributed by atoms with Crippen molar-refractivity contribution in [3.63, 3.8) is 0 Å². The van der Waals surface area contributed by atoms with E-state index in [1.54, 1.807) is 7.11 Å². The molecule has 0 bridgehead atoms. The van der Waals surface area contributed by atoms with E-state index in [1.807, 2.05) is 23.1 Å². The molecule has 3 rings (SSSR count). The fourth-order valence-electron chi connectivity index (χ4n) is 3.85. The van der Waals surface area contributed by atoms with Crippen molar-refractivity contribution in [1.29, 1.82) is 0 Å². The molecular weight excluding hydrogens is 330 g/mol. The van der Waals surface area contributed by atoms with Gasteiger partial charge in [0.05, 0.1) is 13.2 Å². The molecule has 6 nitrogen and oxygen atoms in total. The quantitative estimate of drug-likeness (QED) is 0.806. The fraction of sp³-hybridized carbons (Fsp3) is 0.600. The first kappa shape index (κ1) is 18.7. The van der Waals surface area contributed by atoms with Crippen LogP contribution in [0.2, 0.25) is 0 Å². The van der Waals surface area contributed by atoms with Crippen LogP contribution in [0.25, 0.3) is 0 Å². The largest absolute Gasteiger partial charge is 0.497 e. The average Bonchev–Trinajstić information content (AvgIpc) is 3.07. The standard InChI is InChI=1S/C20H29N3O3/c1-26-17-7-4-6-16(14-17)15-23-11-3-2-8-18(23)20(25)21-10-13-22-12-5-9-19(22)24/h4,6-7,14,18H,2-3,5,8-13,15H2,1H3,(H,21,25). The zero-order chi connectivity index (χ0) is 18.4. The van der Waals surface area contributed by atoms with Crippen LogP contribution in [0.3, 0.4) is 0 Å². The highest BCUT2D eigenvalue weighted by Gasteiger charge is 2.29. The van der Waals surface area contributed by atoms with Gasteiger partial charge in [-0.1, -0.05) is 18.6 Å². The Balaban J connectivity index is 1.53. The number of piperidine rings is 1. The van der Waals surface area contributed by atoms with E-state index < -0.39 is 0 Å². The third-order valence-corrected chi connectivity index (χ3v) is 5.29. The number of ether oxygens (including phenoxy) is 1. The van der Waals surface area contributed by atoms with Crippen LogP contribution < -0.4 is 10.1 Å². The molecule has 2 amide bonds. The van der Waals surface area contributed by atoms with E-state index in [-0.39, 0.29) is 17.9 Å². The summed E-state index contributed by atoms with van der Waals surface area (Å²) < 4.78 is 5.30. The molecule has 2 aliphatic rings. The van der Waals surface area contributed by atoms with Crippen molar-refractivity contribution < 1.29 is 14.3 Å². The van der Waals surface area contributed by atoms with Gasteiger partial charge in [-0.2, -0.15) is 0 Å². The number of carbonyl (C=O) groups excluding carboxylic acids is 2. The number of benzene rings is 1. The van der Waals surface area contributed by atoms with E-state index in [9.17, 15) is 9.59 Å². The van der Waals surface area contributed by atoms with Crippen molar-refractivity contribution >= 4 is 11.8 Å². The van der Waals surface area contributed by atoms with Gasteiger partial charge in [-0.25, -0.2) is 0 Å².